The number of hydrogen-bond acceptors (Lipinski definition) is 5. The maximum atomic E-state index is 12.1. The lowest BCUT2D eigenvalue weighted by atomic mass is 10.3. The Morgan fingerprint density at radius 2 is 2.14 bits per heavy atom. The lowest BCUT2D eigenvalue weighted by molar-refractivity contribution is 0.0954. The van der Waals surface area contributed by atoms with Gasteiger partial charge in [-0.25, -0.2) is 4.68 Å². The molecular weight excluding hydrogens is 298 g/mol. The molecule has 0 saturated heterocycles. The van der Waals surface area contributed by atoms with E-state index in [1.165, 1.54) is 0 Å². The zero-order valence-corrected chi connectivity index (χ0v) is 12.9. The van der Waals surface area contributed by atoms with Crippen molar-refractivity contribution in [2.45, 2.75) is 19.9 Å². The van der Waals surface area contributed by atoms with Crippen LogP contribution in [0.3, 0.4) is 0 Å². The molecule has 0 fully saturated rings. The number of benzene rings is 1. The van der Waals surface area contributed by atoms with Crippen LogP contribution in [0.2, 0.25) is 0 Å². The number of carbonyl (C=O) groups is 1. The summed E-state index contributed by atoms with van der Waals surface area (Å²) in [5, 5.41) is 11.1. The first kappa shape index (κ1) is 14.4. The zero-order chi connectivity index (χ0) is 15.4. The number of amides is 1. The van der Waals surface area contributed by atoms with Crippen LogP contribution in [0.5, 0.6) is 0 Å². The molecule has 2 aromatic heterocycles. The van der Waals surface area contributed by atoms with E-state index in [-0.39, 0.29) is 5.91 Å². The quantitative estimate of drug-likeness (QED) is 0.784. The van der Waals surface area contributed by atoms with Crippen molar-refractivity contribution in [3.05, 3.63) is 58.9 Å². The average molecular weight is 313 g/mol. The van der Waals surface area contributed by atoms with Gasteiger partial charge in [0.15, 0.2) is 0 Å². The van der Waals surface area contributed by atoms with Gasteiger partial charge in [-0.3, -0.25) is 4.79 Å². The first-order chi connectivity index (χ1) is 10.8. The maximum absolute atomic E-state index is 12.1. The number of para-hydroxylation sites is 1. The fourth-order valence-electron chi connectivity index (χ4n) is 2.05. The van der Waals surface area contributed by atoms with E-state index in [0.29, 0.717) is 17.8 Å². The normalized spacial score (nSPS) is 10.6. The Labute approximate surface area is 132 Å². The van der Waals surface area contributed by atoms with E-state index >= 15 is 0 Å². The fraction of sp³-hybridized carbons (Fsp3) is 0.200. The second-order valence-electron chi connectivity index (χ2n) is 4.71. The number of aromatic nitrogens is 4. The van der Waals surface area contributed by atoms with E-state index in [4.69, 9.17) is 0 Å². The molecule has 0 aliphatic carbocycles. The summed E-state index contributed by atoms with van der Waals surface area (Å²) < 4.78 is 5.61. The molecule has 0 unspecified atom stereocenters. The Kier molecular flexibility index (Phi) is 4.24. The topological polar surface area (TPSA) is 72.7 Å². The molecule has 22 heavy (non-hydrogen) atoms. The van der Waals surface area contributed by atoms with Gasteiger partial charge in [-0.15, -0.1) is 5.10 Å². The highest BCUT2D eigenvalue weighted by Crippen LogP contribution is 2.12. The van der Waals surface area contributed by atoms with E-state index < -0.39 is 0 Å². The summed E-state index contributed by atoms with van der Waals surface area (Å²) in [4.78, 5) is 12.7. The SMILES string of the molecule is CCc1nnsc1C(=O)NCc1cnn(-c2ccccc2)c1. The predicted octanol–water partition coefficient (Wildman–Crippen LogP) is 2.22. The molecule has 2 heterocycles. The van der Waals surface area contributed by atoms with E-state index in [0.717, 1.165) is 28.5 Å². The summed E-state index contributed by atoms with van der Waals surface area (Å²) in [6.07, 6.45) is 4.35. The number of nitrogens with zero attached hydrogens (tertiary/aromatic N) is 4. The van der Waals surface area contributed by atoms with E-state index in [9.17, 15) is 4.79 Å². The van der Waals surface area contributed by atoms with Crippen LogP contribution in [0.4, 0.5) is 0 Å². The lowest BCUT2D eigenvalue weighted by Gasteiger charge is -2.02. The molecule has 112 valence electrons. The minimum absolute atomic E-state index is 0.140. The third-order valence-corrected chi connectivity index (χ3v) is 3.97. The predicted molar refractivity (Wildman–Crippen MR) is 84.0 cm³/mol. The first-order valence-electron chi connectivity index (χ1n) is 6.96. The highest BCUT2D eigenvalue weighted by molar-refractivity contribution is 7.08. The molecular formula is C15H15N5OS. The number of carbonyl (C=O) groups excluding carboxylic acids is 1. The average Bonchev–Trinajstić information content (AvgIpc) is 3.22. The van der Waals surface area contributed by atoms with Gasteiger partial charge in [0.2, 0.25) is 0 Å². The molecule has 0 spiro atoms. The highest BCUT2D eigenvalue weighted by atomic mass is 32.1. The third-order valence-electron chi connectivity index (χ3n) is 3.21. The lowest BCUT2D eigenvalue weighted by Crippen LogP contribution is -2.22. The summed E-state index contributed by atoms with van der Waals surface area (Å²) in [6, 6.07) is 9.84. The standard InChI is InChI=1S/C15H15N5OS/c1-2-13-14(22-19-18-13)15(21)16-8-11-9-17-20(10-11)12-6-4-3-5-7-12/h3-7,9-10H,2,8H2,1H3,(H,16,21). The molecule has 6 nitrogen and oxygen atoms in total. The monoisotopic (exact) mass is 313 g/mol. The molecule has 3 rings (SSSR count). The van der Waals surface area contributed by atoms with Crippen LogP contribution in [0.25, 0.3) is 5.69 Å². The van der Waals surface area contributed by atoms with E-state index in [1.54, 1.807) is 10.9 Å². The van der Waals surface area contributed by atoms with Crippen molar-refractivity contribution >= 4 is 17.4 Å². The minimum atomic E-state index is -0.140. The number of nitrogens with one attached hydrogen (secondary N) is 1. The molecule has 0 aliphatic heterocycles. The molecule has 1 N–H and O–H groups in total. The van der Waals surface area contributed by atoms with Gasteiger partial charge in [0.25, 0.3) is 5.91 Å². The zero-order valence-electron chi connectivity index (χ0n) is 12.1. The van der Waals surface area contributed by atoms with Gasteiger partial charge in [0, 0.05) is 18.3 Å². The Morgan fingerprint density at radius 1 is 1.32 bits per heavy atom. The van der Waals surface area contributed by atoms with Gasteiger partial charge >= 0.3 is 0 Å². The van der Waals surface area contributed by atoms with Crippen LogP contribution in [0.1, 0.15) is 27.9 Å². The van der Waals surface area contributed by atoms with Gasteiger partial charge in [0.1, 0.15) is 4.88 Å². The maximum Gasteiger partial charge on any atom is 0.265 e. The van der Waals surface area contributed by atoms with Crippen molar-refractivity contribution in [2.24, 2.45) is 0 Å². The molecule has 3 aromatic rings. The second-order valence-corrected chi connectivity index (χ2v) is 5.47. The smallest absolute Gasteiger partial charge is 0.265 e. The van der Waals surface area contributed by atoms with Crippen LogP contribution in [-0.2, 0) is 13.0 Å². The molecule has 0 atom stereocenters. The summed E-state index contributed by atoms with van der Waals surface area (Å²) in [7, 11) is 0. The van der Waals surface area contributed by atoms with Crippen LogP contribution >= 0.6 is 11.5 Å². The van der Waals surface area contributed by atoms with Crippen molar-refractivity contribution in [1.29, 1.82) is 0 Å². The van der Waals surface area contributed by atoms with Gasteiger partial charge in [-0.1, -0.05) is 29.6 Å². The summed E-state index contributed by atoms with van der Waals surface area (Å²) >= 11 is 1.13. The Morgan fingerprint density at radius 3 is 2.91 bits per heavy atom. The van der Waals surface area contributed by atoms with Gasteiger partial charge in [-0.2, -0.15) is 5.10 Å². The number of hydrogen-bond donors (Lipinski definition) is 1. The summed E-state index contributed by atoms with van der Waals surface area (Å²) in [6.45, 7) is 2.38. The van der Waals surface area contributed by atoms with Gasteiger partial charge in [-0.05, 0) is 30.1 Å². The van der Waals surface area contributed by atoms with Gasteiger partial charge in [0.05, 0.1) is 17.6 Å². The number of rotatable bonds is 5. The van der Waals surface area contributed by atoms with Crippen molar-refractivity contribution in [3.63, 3.8) is 0 Å². The summed E-state index contributed by atoms with van der Waals surface area (Å²) in [5.41, 5.74) is 2.66. The highest BCUT2D eigenvalue weighted by Gasteiger charge is 2.14. The molecule has 0 saturated carbocycles. The molecule has 7 heteroatoms. The van der Waals surface area contributed by atoms with E-state index in [2.05, 4.69) is 20.0 Å². The van der Waals surface area contributed by atoms with Crippen LogP contribution in [-0.4, -0.2) is 25.3 Å². The first-order valence-corrected chi connectivity index (χ1v) is 7.73. The molecule has 0 radical (unpaired) electrons. The minimum Gasteiger partial charge on any atom is -0.347 e. The van der Waals surface area contributed by atoms with E-state index in [1.807, 2.05) is 43.5 Å². The Hall–Kier alpha value is -2.54. The molecule has 1 aromatic carbocycles. The summed E-state index contributed by atoms with van der Waals surface area (Å²) in [5.74, 6) is -0.140. The second kappa shape index (κ2) is 6.48. The fourth-order valence-corrected chi connectivity index (χ4v) is 2.71. The van der Waals surface area contributed by atoms with Crippen molar-refractivity contribution < 1.29 is 4.79 Å². The molecule has 1 amide bonds. The van der Waals surface area contributed by atoms with Crippen LogP contribution in [0.15, 0.2) is 42.7 Å². The molecule has 0 bridgehead atoms. The number of aryl methyl sites for hydroxylation is 1. The largest absolute Gasteiger partial charge is 0.347 e. The molecule has 0 aliphatic rings. The van der Waals surface area contributed by atoms with Gasteiger partial charge < -0.3 is 5.32 Å². The van der Waals surface area contributed by atoms with Crippen molar-refractivity contribution in [2.75, 3.05) is 0 Å². The van der Waals surface area contributed by atoms with Crippen LogP contribution in [0, 0.1) is 0 Å². The van der Waals surface area contributed by atoms with Crippen molar-refractivity contribution in [3.8, 4) is 5.69 Å². The third kappa shape index (κ3) is 3.04. The van der Waals surface area contributed by atoms with Crippen molar-refractivity contribution in [1.82, 2.24) is 24.7 Å². The Balaban J connectivity index is 1.65. The Bertz CT molecular complexity index is 765. The van der Waals surface area contributed by atoms with Crippen LogP contribution < -0.4 is 5.32 Å².